The van der Waals surface area contributed by atoms with Gasteiger partial charge in [-0.25, -0.2) is 0 Å². The van der Waals surface area contributed by atoms with E-state index in [2.05, 4.69) is 23.1 Å². The number of carbonyl (C=O) groups excluding carboxylic acids is 1. The van der Waals surface area contributed by atoms with Crippen molar-refractivity contribution in [3.05, 3.63) is 70.6 Å². The molecule has 2 heterocycles. The van der Waals surface area contributed by atoms with Gasteiger partial charge in [-0.2, -0.15) is 4.98 Å². The second-order valence-electron chi connectivity index (χ2n) is 7.65. The maximum Gasteiger partial charge on any atom is 0.227 e. The Balaban J connectivity index is 1.29. The van der Waals surface area contributed by atoms with Gasteiger partial charge in [0.1, 0.15) is 0 Å². The van der Waals surface area contributed by atoms with Gasteiger partial charge in [0.05, 0.1) is 6.42 Å². The summed E-state index contributed by atoms with van der Waals surface area (Å²) in [6, 6.07) is 15.5. The first-order chi connectivity index (χ1) is 14.1. The highest BCUT2D eigenvalue weighted by Gasteiger charge is 2.25. The van der Waals surface area contributed by atoms with E-state index < -0.39 is 0 Å². The molecule has 5 nitrogen and oxygen atoms in total. The van der Waals surface area contributed by atoms with Gasteiger partial charge >= 0.3 is 0 Å². The molecule has 1 aromatic heterocycles. The average molecular weight is 410 g/mol. The number of amides is 1. The van der Waals surface area contributed by atoms with Crippen LogP contribution in [0.15, 0.2) is 53.1 Å². The molecular formula is C23H24ClN3O2. The van der Waals surface area contributed by atoms with E-state index in [-0.39, 0.29) is 5.91 Å². The molecule has 29 heavy (non-hydrogen) atoms. The van der Waals surface area contributed by atoms with Gasteiger partial charge < -0.3 is 9.42 Å². The van der Waals surface area contributed by atoms with Crippen molar-refractivity contribution >= 4 is 17.5 Å². The lowest BCUT2D eigenvalue weighted by Crippen LogP contribution is -2.39. The third-order valence-corrected chi connectivity index (χ3v) is 5.86. The molecule has 0 spiro atoms. The van der Waals surface area contributed by atoms with Crippen molar-refractivity contribution in [1.82, 2.24) is 15.0 Å². The Kier molecular flexibility index (Phi) is 5.95. The van der Waals surface area contributed by atoms with E-state index in [0.717, 1.165) is 43.5 Å². The van der Waals surface area contributed by atoms with Crippen LogP contribution in [0, 0.1) is 12.8 Å². The smallest absolute Gasteiger partial charge is 0.227 e. The van der Waals surface area contributed by atoms with Crippen LogP contribution < -0.4 is 0 Å². The molecule has 0 bridgehead atoms. The first-order valence-corrected chi connectivity index (χ1v) is 10.4. The van der Waals surface area contributed by atoms with Crippen LogP contribution in [0.3, 0.4) is 0 Å². The second kappa shape index (κ2) is 8.78. The summed E-state index contributed by atoms with van der Waals surface area (Å²) in [5.41, 5.74) is 3.17. The van der Waals surface area contributed by atoms with Crippen LogP contribution in [0.25, 0.3) is 11.4 Å². The summed E-state index contributed by atoms with van der Waals surface area (Å²) in [4.78, 5) is 19.1. The number of carbonyl (C=O) groups is 1. The molecule has 0 unspecified atom stereocenters. The van der Waals surface area contributed by atoms with Gasteiger partial charge in [0.25, 0.3) is 0 Å². The van der Waals surface area contributed by atoms with Crippen molar-refractivity contribution in [2.24, 2.45) is 5.92 Å². The largest absolute Gasteiger partial charge is 0.342 e. The molecule has 0 atom stereocenters. The molecule has 1 aliphatic heterocycles. The molecule has 1 saturated heterocycles. The fourth-order valence-electron chi connectivity index (χ4n) is 3.77. The summed E-state index contributed by atoms with van der Waals surface area (Å²) in [5, 5.41) is 4.77. The Hall–Kier alpha value is -2.66. The molecule has 0 aliphatic carbocycles. The zero-order valence-corrected chi connectivity index (χ0v) is 17.2. The minimum atomic E-state index is 0.209. The molecule has 1 aliphatic rings. The van der Waals surface area contributed by atoms with Gasteiger partial charge in [0.2, 0.25) is 17.6 Å². The normalized spacial score (nSPS) is 14.9. The van der Waals surface area contributed by atoms with Crippen molar-refractivity contribution in [2.45, 2.75) is 32.6 Å². The molecule has 1 amide bonds. The second-order valence-corrected chi connectivity index (χ2v) is 8.09. The van der Waals surface area contributed by atoms with E-state index in [9.17, 15) is 4.79 Å². The minimum absolute atomic E-state index is 0.209. The van der Waals surface area contributed by atoms with Crippen LogP contribution in [0.1, 0.15) is 29.9 Å². The third kappa shape index (κ3) is 4.85. The molecule has 6 heteroatoms. The van der Waals surface area contributed by atoms with E-state index in [4.69, 9.17) is 16.1 Å². The number of likely N-dealkylation sites (tertiary alicyclic amines) is 1. The third-order valence-electron chi connectivity index (χ3n) is 5.60. The number of nitrogens with zero attached hydrogens (tertiary/aromatic N) is 3. The average Bonchev–Trinajstić information content (AvgIpc) is 3.19. The van der Waals surface area contributed by atoms with Crippen LogP contribution in [-0.2, 0) is 17.6 Å². The van der Waals surface area contributed by atoms with Gasteiger partial charge in [-0.15, -0.1) is 0 Å². The van der Waals surface area contributed by atoms with Crippen LogP contribution in [0.4, 0.5) is 0 Å². The standard InChI is InChI=1S/C23H24ClN3O2/c1-16-4-2-3-5-19(16)15-22(28)27-12-10-17(11-13-27)14-21-25-23(26-29-21)18-6-8-20(24)9-7-18/h2-9,17H,10-15H2,1H3. The summed E-state index contributed by atoms with van der Waals surface area (Å²) in [6.45, 7) is 3.62. The van der Waals surface area contributed by atoms with E-state index in [1.54, 1.807) is 0 Å². The monoisotopic (exact) mass is 409 g/mol. The maximum atomic E-state index is 12.6. The summed E-state index contributed by atoms with van der Waals surface area (Å²) < 4.78 is 5.44. The number of benzene rings is 2. The number of halogens is 1. The highest BCUT2D eigenvalue weighted by atomic mass is 35.5. The van der Waals surface area contributed by atoms with E-state index in [1.807, 2.05) is 47.4 Å². The quantitative estimate of drug-likeness (QED) is 0.611. The molecule has 0 saturated carbocycles. The topological polar surface area (TPSA) is 59.2 Å². The number of rotatable bonds is 5. The Bertz CT molecular complexity index is 976. The van der Waals surface area contributed by atoms with Crippen LogP contribution in [-0.4, -0.2) is 34.0 Å². The SMILES string of the molecule is Cc1ccccc1CC(=O)N1CCC(Cc2nc(-c3ccc(Cl)cc3)no2)CC1. The highest BCUT2D eigenvalue weighted by Crippen LogP contribution is 2.24. The zero-order valence-electron chi connectivity index (χ0n) is 16.5. The first-order valence-electron chi connectivity index (χ1n) is 9.99. The Morgan fingerprint density at radius 3 is 2.59 bits per heavy atom. The van der Waals surface area contributed by atoms with Crippen LogP contribution >= 0.6 is 11.6 Å². The zero-order chi connectivity index (χ0) is 20.2. The molecule has 3 aromatic rings. The van der Waals surface area contributed by atoms with Gasteiger partial charge in [0, 0.05) is 30.1 Å². The Morgan fingerprint density at radius 1 is 1.14 bits per heavy atom. The lowest BCUT2D eigenvalue weighted by Gasteiger charge is -2.31. The molecule has 0 radical (unpaired) electrons. The van der Waals surface area contributed by atoms with E-state index in [1.165, 1.54) is 5.56 Å². The minimum Gasteiger partial charge on any atom is -0.342 e. The lowest BCUT2D eigenvalue weighted by molar-refractivity contribution is -0.131. The fraction of sp³-hybridized carbons (Fsp3) is 0.348. The first kappa shape index (κ1) is 19.6. The summed E-state index contributed by atoms with van der Waals surface area (Å²) in [5.74, 6) is 1.90. The molecule has 1 fully saturated rings. The number of aryl methyl sites for hydroxylation is 1. The molecular weight excluding hydrogens is 386 g/mol. The number of piperidine rings is 1. The number of aromatic nitrogens is 2. The van der Waals surface area contributed by atoms with Crippen molar-refractivity contribution in [2.75, 3.05) is 13.1 Å². The van der Waals surface area contributed by atoms with Crippen LogP contribution in [0.5, 0.6) is 0 Å². The van der Waals surface area contributed by atoms with Crippen LogP contribution in [0.2, 0.25) is 5.02 Å². The van der Waals surface area contributed by atoms with Gasteiger partial charge in [-0.3, -0.25) is 4.79 Å². The van der Waals surface area contributed by atoms with Crippen molar-refractivity contribution in [1.29, 1.82) is 0 Å². The maximum absolute atomic E-state index is 12.6. The predicted octanol–water partition coefficient (Wildman–Crippen LogP) is 4.72. The Morgan fingerprint density at radius 2 is 1.86 bits per heavy atom. The molecule has 2 aromatic carbocycles. The number of hydrogen-bond donors (Lipinski definition) is 0. The fourth-order valence-corrected chi connectivity index (χ4v) is 3.90. The van der Waals surface area contributed by atoms with E-state index in [0.29, 0.717) is 29.1 Å². The van der Waals surface area contributed by atoms with Gasteiger partial charge in [-0.1, -0.05) is 41.0 Å². The van der Waals surface area contributed by atoms with Crippen molar-refractivity contribution in [3.63, 3.8) is 0 Å². The molecule has 0 N–H and O–H groups in total. The molecule has 150 valence electrons. The van der Waals surface area contributed by atoms with Gasteiger partial charge in [0.15, 0.2) is 0 Å². The van der Waals surface area contributed by atoms with Gasteiger partial charge in [-0.05, 0) is 61.1 Å². The Labute approximate surface area is 175 Å². The summed E-state index contributed by atoms with van der Waals surface area (Å²) in [6.07, 6.45) is 3.14. The van der Waals surface area contributed by atoms with E-state index >= 15 is 0 Å². The highest BCUT2D eigenvalue weighted by molar-refractivity contribution is 6.30. The van der Waals surface area contributed by atoms with Crippen molar-refractivity contribution in [3.8, 4) is 11.4 Å². The molecule has 4 rings (SSSR count). The number of hydrogen-bond acceptors (Lipinski definition) is 4. The lowest BCUT2D eigenvalue weighted by atomic mass is 9.93. The summed E-state index contributed by atoms with van der Waals surface area (Å²) in [7, 11) is 0. The van der Waals surface area contributed by atoms with Crippen molar-refractivity contribution < 1.29 is 9.32 Å². The predicted molar refractivity (Wildman–Crippen MR) is 113 cm³/mol. The summed E-state index contributed by atoms with van der Waals surface area (Å²) >= 11 is 5.93.